The molecule has 0 unspecified atom stereocenters. The minimum absolute atomic E-state index is 0.925. The summed E-state index contributed by atoms with van der Waals surface area (Å²) < 4.78 is 0. The van der Waals surface area contributed by atoms with E-state index in [2.05, 4.69) is 144 Å². The molecular formula is C40H30N2. The third-order valence-corrected chi connectivity index (χ3v) is 7.82. The number of nitrogens with zero attached hydrogens (tertiary/aromatic N) is 1. The van der Waals surface area contributed by atoms with Gasteiger partial charge in [-0.3, -0.25) is 4.99 Å². The number of nitrogens with one attached hydrogen (secondary N) is 1. The molecule has 0 aromatic heterocycles. The van der Waals surface area contributed by atoms with Crippen molar-refractivity contribution in [3.05, 3.63) is 152 Å². The van der Waals surface area contributed by atoms with Gasteiger partial charge in [0, 0.05) is 11.9 Å². The first-order valence-electron chi connectivity index (χ1n) is 14.3. The predicted molar refractivity (Wildman–Crippen MR) is 181 cm³/mol. The zero-order chi connectivity index (χ0) is 28.3. The molecule has 0 heterocycles. The molecule has 0 amide bonds. The van der Waals surface area contributed by atoms with E-state index in [0.29, 0.717) is 0 Å². The summed E-state index contributed by atoms with van der Waals surface area (Å²) in [7, 11) is 0. The van der Waals surface area contributed by atoms with Crippen molar-refractivity contribution in [3.8, 4) is 33.4 Å². The molecule has 0 spiro atoms. The van der Waals surface area contributed by atoms with Crippen LogP contribution in [0.4, 0.5) is 17.1 Å². The van der Waals surface area contributed by atoms with E-state index in [0.717, 1.165) is 17.1 Å². The standard InChI is InChI=1S/C40H30N2/c1-2-41-37-19-11-12-20-38(37)42-32-24-21-28(22-25-32)31-23-26-35-36(27-31)40(30-15-7-4-8-16-30)34-18-10-9-17-33(34)39(35)29-13-5-3-6-14-29/h2-27,42H,1H3. The normalized spacial score (nSPS) is 11.4. The van der Waals surface area contributed by atoms with Gasteiger partial charge >= 0.3 is 0 Å². The first kappa shape index (κ1) is 25.5. The zero-order valence-corrected chi connectivity index (χ0v) is 23.5. The second kappa shape index (κ2) is 11.2. The smallest absolute Gasteiger partial charge is 0.0860 e. The molecule has 2 nitrogen and oxygen atoms in total. The van der Waals surface area contributed by atoms with Crippen molar-refractivity contribution in [2.45, 2.75) is 6.92 Å². The Morgan fingerprint density at radius 2 is 0.976 bits per heavy atom. The van der Waals surface area contributed by atoms with Crippen LogP contribution in [0.5, 0.6) is 0 Å². The summed E-state index contributed by atoms with van der Waals surface area (Å²) in [6.07, 6.45) is 1.82. The summed E-state index contributed by atoms with van der Waals surface area (Å²) in [5.74, 6) is 0. The molecule has 0 radical (unpaired) electrons. The molecule has 0 aliphatic rings. The lowest BCUT2D eigenvalue weighted by molar-refractivity contribution is 1.48. The van der Waals surface area contributed by atoms with Gasteiger partial charge in [-0.05, 0) is 92.2 Å². The molecule has 200 valence electrons. The van der Waals surface area contributed by atoms with E-state index in [1.807, 2.05) is 31.3 Å². The molecule has 0 aliphatic carbocycles. The van der Waals surface area contributed by atoms with Crippen LogP contribution in [0.25, 0.3) is 54.9 Å². The first-order chi connectivity index (χ1) is 20.8. The maximum absolute atomic E-state index is 4.49. The second-order valence-electron chi connectivity index (χ2n) is 10.4. The van der Waals surface area contributed by atoms with Gasteiger partial charge in [-0.15, -0.1) is 0 Å². The van der Waals surface area contributed by atoms with E-state index in [9.17, 15) is 0 Å². The van der Waals surface area contributed by atoms with E-state index in [1.165, 1.54) is 54.9 Å². The third-order valence-electron chi connectivity index (χ3n) is 7.82. The lowest BCUT2D eigenvalue weighted by atomic mass is 9.85. The molecular weight excluding hydrogens is 508 g/mol. The molecule has 42 heavy (non-hydrogen) atoms. The molecule has 7 aromatic rings. The van der Waals surface area contributed by atoms with Gasteiger partial charge in [0.15, 0.2) is 0 Å². The highest BCUT2D eigenvalue weighted by molar-refractivity contribution is 6.21. The Labute approximate surface area is 246 Å². The summed E-state index contributed by atoms with van der Waals surface area (Å²) in [6, 6.07) is 54.0. The highest BCUT2D eigenvalue weighted by Gasteiger charge is 2.17. The number of anilines is 2. The fourth-order valence-corrected chi connectivity index (χ4v) is 5.92. The van der Waals surface area contributed by atoms with Gasteiger partial charge in [0.25, 0.3) is 0 Å². The SMILES string of the molecule is CC=Nc1ccccc1Nc1ccc(-c2ccc3c(-c4ccccc4)c4ccccc4c(-c4ccccc4)c3c2)cc1. The van der Waals surface area contributed by atoms with Gasteiger partial charge in [-0.1, -0.05) is 121 Å². The van der Waals surface area contributed by atoms with E-state index in [4.69, 9.17) is 0 Å². The molecule has 1 N–H and O–H groups in total. The minimum Gasteiger partial charge on any atom is -0.354 e. The Morgan fingerprint density at radius 3 is 1.62 bits per heavy atom. The monoisotopic (exact) mass is 538 g/mol. The van der Waals surface area contributed by atoms with Crippen LogP contribution in [0.15, 0.2) is 157 Å². The van der Waals surface area contributed by atoms with Crippen LogP contribution >= 0.6 is 0 Å². The number of benzene rings is 7. The fourth-order valence-electron chi connectivity index (χ4n) is 5.92. The molecule has 0 fully saturated rings. The summed E-state index contributed by atoms with van der Waals surface area (Å²) in [5.41, 5.74) is 10.3. The number of hydrogen-bond acceptors (Lipinski definition) is 2. The van der Waals surface area contributed by atoms with Gasteiger partial charge in [0.1, 0.15) is 0 Å². The molecule has 0 saturated carbocycles. The molecule has 7 rings (SSSR count). The molecule has 0 atom stereocenters. The van der Waals surface area contributed by atoms with E-state index in [1.54, 1.807) is 0 Å². The van der Waals surface area contributed by atoms with Crippen molar-refractivity contribution in [2.75, 3.05) is 5.32 Å². The van der Waals surface area contributed by atoms with Gasteiger partial charge in [0.05, 0.1) is 11.4 Å². The van der Waals surface area contributed by atoms with E-state index < -0.39 is 0 Å². The van der Waals surface area contributed by atoms with Crippen LogP contribution in [0.3, 0.4) is 0 Å². The fraction of sp³-hybridized carbons (Fsp3) is 0.0250. The zero-order valence-electron chi connectivity index (χ0n) is 23.5. The van der Waals surface area contributed by atoms with E-state index in [-0.39, 0.29) is 0 Å². The van der Waals surface area contributed by atoms with E-state index >= 15 is 0 Å². The number of fused-ring (bicyclic) bond motifs is 2. The number of para-hydroxylation sites is 2. The molecule has 7 aromatic carbocycles. The summed E-state index contributed by atoms with van der Waals surface area (Å²) in [6.45, 7) is 1.93. The van der Waals surface area contributed by atoms with Crippen molar-refractivity contribution >= 4 is 44.8 Å². The van der Waals surface area contributed by atoms with Crippen molar-refractivity contribution in [1.82, 2.24) is 0 Å². The quantitative estimate of drug-likeness (QED) is 0.165. The highest BCUT2D eigenvalue weighted by atomic mass is 14.9. The molecule has 0 bridgehead atoms. The summed E-state index contributed by atoms with van der Waals surface area (Å²) in [5, 5.41) is 8.57. The highest BCUT2D eigenvalue weighted by Crippen LogP contribution is 2.44. The average molecular weight is 539 g/mol. The maximum atomic E-state index is 4.49. The first-order valence-corrected chi connectivity index (χ1v) is 14.3. The van der Waals surface area contributed by atoms with Crippen LogP contribution < -0.4 is 5.32 Å². The number of aliphatic imine (C=N–C) groups is 1. The van der Waals surface area contributed by atoms with Crippen LogP contribution in [0, 0.1) is 0 Å². The molecule has 0 saturated heterocycles. The lowest BCUT2D eigenvalue weighted by Crippen LogP contribution is -1.92. The van der Waals surface area contributed by atoms with Crippen molar-refractivity contribution in [3.63, 3.8) is 0 Å². The average Bonchev–Trinajstić information content (AvgIpc) is 3.05. The van der Waals surface area contributed by atoms with Crippen LogP contribution in [-0.2, 0) is 0 Å². The van der Waals surface area contributed by atoms with Gasteiger partial charge in [-0.2, -0.15) is 0 Å². The van der Waals surface area contributed by atoms with Gasteiger partial charge in [0.2, 0.25) is 0 Å². The van der Waals surface area contributed by atoms with Crippen LogP contribution in [0.1, 0.15) is 6.92 Å². The lowest BCUT2D eigenvalue weighted by Gasteiger charge is -2.18. The summed E-state index contributed by atoms with van der Waals surface area (Å²) >= 11 is 0. The maximum Gasteiger partial charge on any atom is 0.0860 e. The Bertz CT molecular complexity index is 2040. The number of rotatable bonds is 6. The van der Waals surface area contributed by atoms with Gasteiger partial charge in [-0.25, -0.2) is 0 Å². The second-order valence-corrected chi connectivity index (χ2v) is 10.4. The predicted octanol–water partition coefficient (Wildman–Crippen LogP) is 11.5. The Hall–Kier alpha value is -5.47. The molecule has 0 aliphatic heterocycles. The van der Waals surface area contributed by atoms with Crippen molar-refractivity contribution < 1.29 is 0 Å². The Kier molecular flexibility index (Phi) is 6.79. The largest absolute Gasteiger partial charge is 0.354 e. The van der Waals surface area contributed by atoms with Crippen LogP contribution in [-0.4, -0.2) is 6.21 Å². The third kappa shape index (κ3) is 4.74. The Balaban J connectivity index is 1.39. The van der Waals surface area contributed by atoms with Gasteiger partial charge < -0.3 is 5.32 Å². The van der Waals surface area contributed by atoms with Crippen molar-refractivity contribution in [1.29, 1.82) is 0 Å². The molecule has 2 heteroatoms. The summed E-state index contributed by atoms with van der Waals surface area (Å²) in [4.78, 5) is 4.49. The Morgan fingerprint density at radius 1 is 0.452 bits per heavy atom. The minimum atomic E-state index is 0.925. The van der Waals surface area contributed by atoms with Crippen LogP contribution in [0.2, 0.25) is 0 Å². The topological polar surface area (TPSA) is 24.4 Å². The number of hydrogen-bond donors (Lipinski definition) is 1. The van der Waals surface area contributed by atoms with Crippen molar-refractivity contribution in [2.24, 2.45) is 4.99 Å².